The third kappa shape index (κ3) is 7.10. The maximum atomic E-state index is 13.9. The van der Waals surface area contributed by atoms with Gasteiger partial charge in [0.25, 0.3) is 12.1 Å². The summed E-state index contributed by atoms with van der Waals surface area (Å²) in [6, 6.07) is 2.95. The van der Waals surface area contributed by atoms with Crippen molar-refractivity contribution in [3.05, 3.63) is 28.8 Å². The third-order valence-electron chi connectivity index (χ3n) is 6.20. The van der Waals surface area contributed by atoms with Gasteiger partial charge in [0.1, 0.15) is 0 Å². The largest absolute Gasteiger partial charge is 0.442 e. The Hall–Kier alpha value is -2.02. The molecule has 1 aromatic rings. The molecule has 0 aromatic heterocycles. The summed E-state index contributed by atoms with van der Waals surface area (Å²) in [7, 11) is -3.00. The zero-order valence-electron chi connectivity index (χ0n) is 22.0. The van der Waals surface area contributed by atoms with Gasteiger partial charge in [0.05, 0.1) is 4.90 Å². The van der Waals surface area contributed by atoms with Gasteiger partial charge in [-0.1, -0.05) is 53.7 Å². The summed E-state index contributed by atoms with van der Waals surface area (Å²) in [6.07, 6.45) is -15.4. The number of halogens is 6. The van der Waals surface area contributed by atoms with Gasteiger partial charge in [0.15, 0.2) is 0 Å². The first-order chi connectivity index (χ1) is 16.8. The minimum atomic E-state index is -5.69. The Kier molecular flexibility index (Phi) is 9.60. The molecule has 2 rings (SSSR count). The molecule has 1 aliphatic rings. The number of hydrogen-bond donors (Lipinski definition) is 0. The highest BCUT2D eigenvalue weighted by atomic mass is 32.2. The molecular weight excluding hydrogens is 524 g/mol. The highest BCUT2D eigenvalue weighted by Crippen LogP contribution is 2.38. The maximum absolute atomic E-state index is 13.9. The number of hydrogen-bond acceptors (Lipinski definition) is 4. The predicted molar refractivity (Wildman–Crippen MR) is 129 cm³/mol. The zero-order valence-corrected chi connectivity index (χ0v) is 22.9. The molecule has 0 N–H and O–H groups in total. The third-order valence-corrected chi connectivity index (χ3v) is 8.23. The fourth-order valence-electron chi connectivity index (χ4n) is 4.13. The van der Waals surface area contributed by atoms with Crippen LogP contribution in [-0.2, 0) is 14.8 Å². The van der Waals surface area contributed by atoms with Crippen LogP contribution in [0, 0.1) is 0 Å². The van der Waals surface area contributed by atoms with E-state index in [0.29, 0.717) is 11.1 Å². The van der Waals surface area contributed by atoms with E-state index in [-0.39, 0.29) is 48.8 Å². The van der Waals surface area contributed by atoms with Crippen LogP contribution in [0.3, 0.4) is 0 Å². The smallest absolute Gasteiger partial charge is 0.434 e. The molecule has 1 heterocycles. The lowest BCUT2D eigenvalue weighted by Crippen LogP contribution is -2.54. The van der Waals surface area contributed by atoms with Crippen LogP contribution in [0.25, 0.3) is 0 Å². The van der Waals surface area contributed by atoms with Gasteiger partial charge in [-0.2, -0.15) is 30.6 Å². The van der Waals surface area contributed by atoms with E-state index in [1.54, 1.807) is 0 Å². The van der Waals surface area contributed by atoms with E-state index in [0.717, 1.165) is 17.5 Å². The van der Waals surface area contributed by atoms with Crippen LogP contribution in [0.5, 0.6) is 0 Å². The van der Waals surface area contributed by atoms with Crippen LogP contribution in [-0.4, -0.2) is 75.3 Å². The quantitative estimate of drug-likeness (QED) is 0.249. The van der Waals surface area contributed by atoms with Crippen molar-refractivity contribution in [3.8, 4) is 0 Å². The topological polar surface area (TPSA) is 62.2 Å². The van der Waals surface area contributed by atoms with Crippen molar-refractivity contribution in [2.75, 3.05) is 33.2 Å². The molecule has 0 aliphatic carbocycles. The van der Waals surface area contributed by atoms with Gasteiger partial charge in [-0.3, -0.25) is 0 Å². The van der Waals surface area contributed by atoms with Crippen LogP contribution < -0.4 is 0 Å². The van der Waals surface area contributed by atoms with Crippen LogP contribution in [0.2, 0.25) is 0 Å². The normalized spacial score (nSPS) is 17.0. The second kappa shape index (κ2) is 11.4. The SMILES string of the molecule is C/N=C(/OC(C(F)(F)F)C(F)(F)F)N1CCN(S(=O)(=O)c2c(C(C)C)cc(C(C)C)cc2C(C)C)CC1. The highest BCUT2D eigenvalue weighted by molar-refractivity contribution is 7.89. The molecule has 6 nitrogen and oxygen atoms in total. The Morgan fingerprint density at radius 1 is 0.838 bits per heavy atom. The minimum Gasteiger partial charge on any atom is -0.442 e. The molecule has 0 spiro atoms. The summed E-state index contributed by atoms with van der Waals surface area (Å²) >= 11 is 0. The number of amidine groups is 1. The molecule has 0 saturated carbocycles. The second-order valence-electron chi connectivity index (χ2n) is 9.97. The van der Waals surface area contributed by atoms with Crippen LogP contribution in [0.15, 0.2) is 22.0 Å². The molecule has 212 valence electrons. The first-order valence-corrected chi connectivity index (χ1v) is 13.5. The summed E-state index contributed by atoms with van der Waals surface area (Å²) in [5.41, 5.74) is 2.37. The highest BCUT2D eigenvalue weighted by Gasteiger charge is 2.60. The van der Waals surface area contributed by atoms with E-state index in [1.165, 1.54) is 4.31 Å². The van der Waals surface area contributed by atoms with E-state index >= 15 is 0 Å². The molecule has 1 aromatic carbocycles. The lowest BCUT2D eigenvalue weighted by molar-refractivity contribution is -0.305. The first-order valence-electron chi connectivity index (χ1n) is 12.0. The fourth-order valence-corrected chi connectivity index (χ4v) is 6.22. The van der Waals surface area contributed by atoms with Crippen molar-refractivity contribution in [2.24, 2.45) is 4.99 Å². The average molecular weight is 560 g/mol. The monoisotopic (exact) mass is 559 g/mol. The second-order valence-corrected chi connectivity index (χ2v) is 11.8. The first kappa shape index (κ1) is 31.2. The molecule has 37 heavy (non-hydrogen) atoms. The zero-order chi connectivity index (χ0) is 28.5. The Bertz CT molecular complexity index is 1030. The molecule has 13 heteroatoms. The Balaban J connectivity index is 2.37. The summed E-state index contributed by atoms with van der Waals surface area (Å²) in [5.74, 6) is -0.0217. The molecule has 0 amide bonds. The van der Waals surface area contributed by atoms with Gasteiger partial charge in [0, 0.05) is 33.2 Å². The lowest BCUT2D eigenvalue weighted by atomic mass is 9.89. The van der Waals surface area contributed by atoms with Gasteiger partial charge in [-0.15, -0.1) is 0 Å². The van der Waals surface area contributed by atoms with E-state index in [9.17, 15) is 34.8 Å². The lowest BCUT2D eigenvalue weighted by Gasteiger charge is -2.37. The fraction of sp³-hybridized carbons (Fsp3) is 0.708. The number of ether oxygens (including phenoxy) is 1. The van der Waals surface area contributed by atoms with Gasteiger partial charge >= 0.3 is 12.4 Å². The Morgan fingerprint density at radius 3 is 1.59 bits per heavy atom. The number of aliphatic imine (C=N–C) groups is 1. The summed E-state index contributed by atoms with van der Waals surface area (Å²) in [5, 5.41) is 0. The van der Waals surface area contributed by atoms with Gasteiger partial charge < -0.3 is 9.64 Å². The Morgan fingerprint density at radius 2 is 1.27 bits per heavy atom. The van der Waals surface area contributed by atoms with E-state index in [1.807, 2.05) is 53.7 Å². The van der Waals surface area contributed by atoms with Gasteiger partial charge in [0.2, 0.25) is 10.0 Å². The minimum absolute atomic E-state index is 0.101. The number of piperazine rings is 1. The van der Waals surface area contributed by atoms with E-state index in [4.69, 9.17) is 0 Å². The Labute approximate surface area is 214 Å². The van der Waals surface area contributed by atoms with Crippen LogP contribution in [0.4, 0.5) is 26.3 Å². The van der Waals surface area contributed by atoms with Crippen molar-refractivity contribution in [1.29, 1.82) is 0 Å². The summed E-state index contributed by atoms with van der Waals surface area (Å²) < 4.78 is 111. The van der Waals surface area contributed by atoms with Crippen LogP contribution in [0.1, 0.15) is 76.0 Å². The van der Waals surface area contributed by atoms with Gasteiger partial charge in [-0.05, 0) is 34.4 Å². The van der Waals surface area contributed by atoms with Crippen LogP contribution >= 0.6 is 0 Å². The van der Waals surface area contributed by atoms with Crippen molar-refractivity contribution in [3.63, 3.8) is 0 Å². The summed E-state index contributed by atoms with van der Waals surface area (Å²) in [4.78, 5) is 4.78. The molecule has 0 radical (unpaired) electrons. The molecule has 0 atom stereocenters. The molecule has 1 saturated heterocycles. The number of rotatable bonds is 6. The standard InChI is InChI=1S/C24H35F6N3O3S/c1-14(2)17-12-18(15(3)4)20(19(13-17)16(5)6)37(34,35)33-10-8-32(9-11-33)22(31-7)36-21(23(25,26)27)24(28,29)30/h12-16,21H,8-11H2,1-7H3/b31-22+. The number of benzene rings is 1. The predicted octanol–water partition coefficient (Wildman–Crippen LogP) is 5.86. The van der Waals surface area contributed by atoms with Crippen molar-refractivity contribution >= 4 is 16.0 Å². The van der Waals surface area contributed by atoms with Crippen molar-refractivity contribution in [2.45, 2.75) is 82.6 Å². The summed E-state index contributed by atoms with van der Waals surface area (Å²) in [6.45, 7) is 11.0. The molecule has 1 aliphatic heterocycles. The van der Waals surface area contributed by atoms with Crippen molar-refractivity contribution < 1.29 is 39.5 Å². The van der Waals surface area contributed by atoms with E-state index in [2.05, 4.69) is 9.73 Å². The van der Waals surface area contributed by atoms with Crippen molar-refractivity contribution in [1.82, 2.24) is 9.21 Å². The van der Waals surface area contributed by atoms with E-state index < -0.39 is 34.5 Å². The maximum Gasteiger partial charge on any atom is 0.434 e. The molecule has 1 fully saturated rings. The molecular formula is C24H35F6N3O3S. The number of nitrogens with zero attached hydrogens (tertiary/aromatic N) is 3. The number of alkyl halides is 6. The van der Waals surface area contributed by atoms with Gasteiger partial charge in [-0.25, -0.2) is 13.4 Å². The molecule has 0 unspecified atom stereocenters. The molecule has 0 bridgehead atoms. The number of sulfonamides is 1. The average Bonchev–Trinajstić information content (AvgIpc) is 2.77.